The Kier molecular flexibility index (Phi) is 5.25. The molecule has 0 saturated heterocycles. The van der Waals surface area contributed by atoms with Gasteiger partial charge >= 0.3 is 0 Å². The van der Waals surface area contributed by atoms with E-state index in [1.165, 1.54) is 0 Å². The maximum atomic E-state index is 12.0. The van der Waals surface area contributed by atoms with E-state index in [0.29, 0.717) is 6.42 Å². The first-order chi connectivity index (χ1) is 9.05. The van der Waals surface area contributed by atoms with Crippen LogP contribution < -0.4 is 4.72 Å². The van der Waals surface area contributed by atoms with Crippen LogP contribution in [-0.2, 0) is 16.4 Å². The van der Waals surface area contributed by atoms with E-state index in [4.69, 9.17) is 11.6 Å². The summed E-state index contributed by atoms with van der Waals surface area (Å²) in [6.07, 6.45) is 4.04. The number of hydrogen-bond donors (Lipinski definition) is 1. The molecule has 0 unspecified atom stereocenters. The summed E-state index contributed by atoms with van der Waals surface area (Å²) in [7, 11) is -3.19. The number of sulfonamides is 1. The molecule has 0 aliphatic heterocycles. The minimum Gasteiger partial charge on any atom is -0.212 e. The van der Waals surface area contributed by atoms with E-state index >= 15 is 0 Å². The third kappa shape index (κ3) is 5.13. The zero-order valence-electron chi connectivity index (χ0n) is 10.9. The van der Waals surface area contributed by atoms with Crippen molar-refractivity contribution in [2.45, 2.75) is 43.5 Å². The van der Waals surface area contributed by atoms with Crippen LogP contribution in [0.25, 0.3) is 0 Å². The van der Waals surface area contributed by atoms with Gasteiger partial charge in [-0.2, -0.15) is 0 Å². The summed E-state index contributed by atoms with van der Waals surface area (Å²) in [5, 5.41) is 0.213. The highest BCUT2D eigenvalue weighted by Gasteiger charge is 2.23. The second-order valence-corrected chi connectivity index (χ2v) is 7.61. The van der Waals surface area contributed by atoms with Gasteiger partial charge in [0.1, 0.15) is 0 Å². The lowest BCUT2D eigenvalue weighted by Crippen LogP contribution is -2.39. The smallest absolute Gasteiger partial charge is 0.212 e. The van der Waals surface area contributed by atoms with Crippen molar-refractivity contribution in [1.82, 2.24) is 4.72 Å². The minimum absolute atomic E-state index is 0.0655. The number of alkyl halides is 1. The zero-order chi connectivity index (χ0) is 13.7. The van der Waals surface area contributed by atoms with E-state index in [2.05, 4.69) is 4.72 Å². The topological polar surface area (TPSA) is 46.2 Å². The zero-order valence-corrected chi connectivity index (χ0v) is 12.5. The minimum atomic E-state index is -3.19. The van der Waals surface area contributed by atoms with Crippen molar-refractivity contribution < 1.29 is 8.42 Å². The molecule has 0 spiro atoms. The fourth-order valence-electron chi connectivity index (χ4n) is 2.38. The summed E-state index contributed by atoms with van der Waals surface area (Å²) in [6.45, 7) is 0. The summed E-state index contributed by atoms with van der Waals surface area (Å²) in [4.78, 5) is 0. The summed E-state index contributed by atoms with van der Waals surface area (Å²) in [6, 6.07) is 9.76. The second kappa shape index (κ2) is 6.73. The second-order valence-electron chi connectivity index (χ2n) is 5.12. The molecule has 5 heteroatoms. The highest BCUT2D eigenvalue weighted by Crippen LogP contribution is 2.23. The van der Waals surface area contributed by atoms with Gasteiger partial charge in [0.25, 0.3) is 0 Å². The lowest BCUT2D eigenvalue weighted by molar-refractivity contribution is 0.416. The Balaban J connectivity index is 1.82. The summed E-state index contributed by atoms with van der Waals surface area (Å²) < 4.78 is 26.8. The van der Waals surface area contributed by atoms with Gasteiger partial charge < -0.3 is 0 Å². The number of nitrogens with one attached hydrogen (secondary N) is 1. The first-order valence-electron chi connectivity index (χ1n) is 6.73. The number of halogens is 1. The van der Waals surface area contributed by atoms with Gasteiger partial charge in [-0.05, 0) is 37.7 Å². The van der Waals surface area contributed by atoms with Gasteiger partial charge in [0.05, 0.1) is 5.75 Å². The Bertz CT molecular complexity index is 481. The maximum absolute atomic E-state index is 12.0. The van der Waals surface area contributed by atoms with Crippen LogP contribution in [0.4, 0.5) is 0 Å². The maximum Gasteiger partial charge on any atom is 0.212 e. The van der Waals surface area contributed by atoms with E-state index in [0.717, 1.165) is 31.2 Å². The Morgan fingerprint density at radius 3 is 2.37 bits per heavy atom. The Morgan fingerprint density at radius 1 is 1.11 bits per heavy atom. The average Bonchev–Trinajstić information content (AvgIpc) is 2.40. The molecule has 1 aliphatic rings. The van der Waals surface area contributed by atoms with Crippen molar-refractivity contribution in [3.63, 3.8) is 0 Å². The van der Waals surface area contributed by atoms with Crippen LogP contribution in [0.5, 0.6) is 0 Å². The van der Waals surface area contributed by atoms with Crippen molar-refractivity contribution >= 4 is 21.6 Å². The fourth-order valence-corrected chi connectivity index (χ4v) is 4.00. The lowest BCUT2D eigenvalue weighted by Gasteiger charge is -2.25. The highest BCUT2D eigenvalue weighted by atomic mass is 35.5. The molecule has 0 atom stereocenters. The molecule has 1 saturated carbocycles. The average molecular weight is 302 g/mol. The highest BCUT2D eigenvalue weighted by molar-refractivity contribution is 7.89. The fraction of sp³-hybridized carbons (Fsp3) is 0.571. The van der Waals surface area contributed by atoms with Crippen LogP contribution in [0.15, 0.2) is 30.3 Å². The third-order valence-electron chi connectivity index (χ3n) is 3.51. The molecule has 0 heterocycles. The molecular weight excluding hydrogens is 282 g/mol. The molecule has 1 fully saturated rings. The molecule has 1 aromatic carbocycles. The van der Waals surface area contributed by atoms with Crippen LogP contribution in [0.3, 0.4) is 0 Å². The molecule has 0 amide bonds. The molecule has 0 radical (unpaired) electrons. The molecule has 106 valence electrons. The van der Waals surface area contributed by atoms with E-state index < -0.39 is 10.0 Å². The molecule has 1 N–H and O–H groups in total. The Morgan fingerprint density at radius 2 is 1.74 bits per heavy atom. The van der Waals surface area contributed by atoms with E-state index in [1.54, 1.807) is 0 Å². The quantitative estimate of drug-likeness (QED) is 0.850. The molecule has 0 bridgehead atoms. The van der Waals surface area contributed by atoms with Crippen LogP contribution in [0.1, 0.15) is 31.2 Å². The lowest BCUT2D eigenvalue weighted by atomic mass is 9.96. The molecule has 0 aromatic heterocycles. The Hall–Kier alpha value is -0.580. The predicted octanol–water partition coefficient (Wildman–Crippen LogP) is 2.70. The normalized spacial score (nSPS) is 24.3. The molecular formula is C14H20ClNO2S. The van der Waals surface area contributed by atoms with Crippen molar-refractivity contribution in [3.05, 3.63) is 35.9 Å². The van der Waals surface area contributed by atoms with Crippen molar-refractivity contribution in [2.24, 2.45) is 0 Å². The van der Waals surface area contributed by atoms with Crippen molar-refractivity contribution in [3.8, 4) is 0 Å². The van der Waals surface area contributed by atoms with Crippen LogP contribution >= 0.6 is 11.6 Å². The van der Waals surface area contributed by atoms with E-state index in [9.17, 15) is 8.42 Å². The molecule has 19 heavy (non-hydrogen) atoms. The Labute approximate surface area is 120 Å². The van der Waals surface area contributed by atoms with Gasteiger partial charge in [-0.15, -0.1) is 11.6 Å². The molecule has 2 rings (SSSR count). The number of hydrogen-bond acceptors (Lipinski definition) is 2. The first kappa shape index (κ1) is 14.8. The van der Waals surface area contributed by atoms with E-state index in [-0.39, 0.29) is 17.2 Å². The van der Waals surface area contributed by atoms with Gasteiger partial charge in [-0.25, -0.2) is 13.1 Å². The van der Waals surface area contributed by atoms with Crippen molar-refractivity contribution in [2.75, 3.05) is 5.75 Å². The van der Waals surface area contributed by atoms with Crippen LogP contribution in [-0.4, -0.2) is 25.6 Å². The molecule has 1 aromatic rings. The number of aryl methyl sites for hydroxylation is 1. The summed E-state index contributed by atoms with van der Waals surface area (Å²) in [5.41, 5.74) is 1.05. The molecule has 3 nitrogen and oxygen atoms in total. The van der Waals surface area contributed by atoms with Gasteiger partial charge in [0.2, 0.25) is 10.0 Å². The van der Waals surface area contributed by atoms with Gasteiger partial charge in [0, 0.05) is 11.4 Å². The summed E-state index contributed by atoms with van der Waals surface area (Å²) >= 11 is 6.02. The third-order valence-corrected chi connectivity index (χ3v) is 5.38. The predicted molar refractivity (Wildman–Crippen MR) is 79.0 cm³/mol. The monoisotopic (exact) mass is 301 g/mol. The van der Waals surface area contributed by atoms with Gasteiger partial charge in [-0.1, -0.05) is 30.3 Å². The van der Waals surface area contributed by atoms with E-state index in [1.807, 2.05) is 30.3 Å². The number of rotatable bonds is 5. The largest absolute Gasteiger partial charge is 0.212 e. The van der Waals surface area contributed by atoms with Gasteiger partial charge in [-0.3, -0.25) is 0 Å². The summed E-state index contributed by atoms with van der Waals surface area (Å²) in [5.74, 6) is 0.151. The standard InChI is InChI=1S/C14H20ClNO2S/c15-13-6-8-14(9-7-13)16-19(17,18)11-10-12-4-2-1-3-5-12/h1-5,13-14,16H,6-11H2. The van der Waals surface area contributed by atoms with Crippen molar-refractivity contribution in [1.29, 1.82) is 0 Å². The van der Waals surface area contributed by atoms with Crippen LogP contribution in [0, 0.1) is 0 Å². The first-order valence-corrected chi connectivity index (χ1v) is 8.82. The van der Waals surface area contributed by atoms with Crippen LogP contribution in [0.2, 0.25) is 0 Å². The number of benzene rings is 1. The van der Waals surface area contributed by atoms with Gasteiger partial charge in [0.15, 0.2) is 0 Å². The molecule has 1 aliphatic carbocycles. The SMILES string of the molecule is O=S(=O)(CCc1ccccc1)NC1CCC(Cl)CC1.